The van der Waals surface area contributed by atoms with Gasteiger partial charge in [0.05, 0.1) is 18.8 Å². The summed E-state index contributed by atoms with van der Waals surface area (Å²) in [5.74, 6) is 0.260. The van der Waals surface area contributed by atoms with Gasteiger partial charge in [0.2, 0.25) is 0 Å². The number of ether oxygens (including phenoxy) is 1. The van der Waals surface area contributed by atoms with Crippen LogP contribution in [0.25, 0.3) is 0 Å². The normalized spacial score (nSPS) is 15.7. The number of aliphatic hydroxyl groups excluding tert-OH is 1. The number of Topliss-reactive ketones (excluding diaryl/α,β-unsaturated/α-hetero) is 1. The van der Waals surface area contributed by atoms with Gasteiger partial charge in [-0.2, -0.15) is 0 Å². The van der Waals surface area contributed by atoms with E-state index in [9.17, 15) is 9.90 Å². The lowest BCUT2D eigenvalue weighted by Gasteiger charge is -2.31. The quantitative estimate of drug-likeness (QED) is 0.743. The third-order valence-corrected chi connectivity index (χ3v) is 4.40. The number of aryl methyl sites for hydroxylation is 1. The minimum atomic E-state index is -0.657. The summed E-state index contributed by atoms with van der Waals surface area (Å²) in [6.07, 6.45) is -0.530. The van der Waals surface area contributed by atoms with Crippen molar-refractivity contribution < 1.29 is 14.6 Å². The van der Waals surface area contributed by atoms with Gasteiger partial charge in [-0.25, -0.2) is 0 Å². The third kappa shape index (κ3) is 6.44. The molecule has 0 radical (unpaired) electrons. The maximum Gasteiger partial charge on any atom is 0.138 e. The zero-order valence-electron chi connectivity index (χ0n) is 15.4. The summed E-state index contributed by atoms with van der Waals surface area (Å²) in [5.41, 5.74) is 2.35. The molecule has 3 atom stereocenters. The van der Waals surface area contributed by atoms with Crippen LogP contribution in [0, 0.1) is 24.7 Å². The van der Waals surface area contributed by atoms with E-state index in [2.05, 4.69) is 45.0 Å². The minimum Gasteiger partial charge on any atom is -0.392 e. The zero-order valence-corrected chi connectivity index (χ0v) is 15.4. The molecule has 0 spiro atoms. The van der Waals surface area contributed by atoms with Crippen LogP contribution in [0.3, 0.4) is 0 Å². The lowest BCUT2D eigenvalue weighted by atomic mass is 9.86. The molecular formula is C20H32O3. The zero-order chi connectivity index (χ0) is 17.6. The highest BCUT2D eigenvalue weighted by atomic mass is 16.5. The van der Waals surface area contributed by atoms with E-state index in [0.717, 1.165) is 5.56 Å². The van der Waals surface area contributed by atoms with Crippen LogP contribution in [-0.4, -0.2) is 23.1 Å². The fourth-order valence-electron chi connectivity index (χ4n) is 2.67. The Hall–Kier alpha value is -1.19. The number of hydrogen-bond donors (Lipinski definition) is 1. The number of benzene rings is 1. The van der Waals surface area contributed by atoms with Crippen molar-refractivity contribution in [3.8, 4) is 0 Å². The average molecular weight is 320 g/mol. The predicted octanol–water partition coefficient (Wildman–Crippen LogP) is 4.15. The molecule has 130 valence electrons. The molecule has 1 rings (SSSR count). The Balaban J connectivity index is 2.65. The van der Waals surface area contributed by atoms with Crippen LogP contribution in [0.4, 0.5) is 0 Å². The highest BCUT2D eigenvalue weighted by Crippen LogP contribution is 2.24. The van der Waals surface area contributed by atoms with E-state index >= 15 is 0 Å². The molecule has 1 aromatic carbocycles. The van der Waals surface area contributed by atoms with Crippen molar-refractivity contribution in [3.05, 3.63) is 35.4 Å². The molecule has 0 saturated heterocycles. The summed E-state index contributed by atoms with van der Waals surface area (Å²) in [6.45, 7) is 12.5. The second-order valence-electron chi connectivity index (χ2n) is 7.26. The Bertz CT molecular complexity index is 476. The van der Waals surface area contributed by atoms with Gasteiger partial charge in [0.25, 0.3) is 0 Å². The summed E-state index contributed by atoms with van der Waals surface area (Å²) in [5, 5.41) is 10.4. The molecule has 0 aliphatic carbocycles. The van der Waals surface area contributed by atoms with Gasteiger partial charge >= 0.3 is 0 Å². The first-order valence-electron chi connectivity index (χ1n) is 8.60. The second kappa shape index (κ2) is 9.19. The second-order valence-corrected chi connectivity index (χ2v) is 7.26. The summed E-state index contributed by atoms with van der Waals surface area (Å²) in [7, 11) is 0. The van der Waals surface area contributed by atoms with Crippen LogP contribution in [0.15, 0.2) is 24.3 Å². The lowest BCUT2D eigenvalue weighted by molar-refractivity contribution is -0.126. The van der Waals surface area contributed by atoms with Gasteiger partial charge in [-0.1, -0.05) is 64.4 Å². The molecule has 0 saturated carbocycles. The van der Waals surface area contributed by atoms with Crippen molar-refractivity contribution in [1.29, 1.82) is 0 Å². The van der Waals surface area contributed by atoms with Crippen LogP contribution in [0.1, 0.15) is 52.2 Å². The molecule has 3 heteroatoms. The van der Waals surface area contributed by atoms with Gasteiger partial charge < -0.3 is 9.84 Å². The third-order valence-electron chi connectivity index (χ3n) is 4.40. The van der Waals surface area contributed by atoms with Crippen molar-refractivity contribution in [2.75, 3.05) is 0 Å². The Morgan fingerprint density at radius 1 is 1.09 bits per heavy atom. The molecule has 1 aromatic rings. The molecule has 1 N–H and O–H groups in total. The van der Waals surface area contributed by atoms with Crippen molar-refractivity contribution in [2.45, 2.75) is 66.8 Å². The molecule has 0 fully saturated rings. The van der Waals surface area contributed by atoms with Crippen LogP contribution >= 0.6 is 0 Å². The first kappa shape index (κ1) is 19.9. The predicted molar refractivity (Wildman–Crippen MR) is 94.2 cm³/mol. The van der Waals surface area contributed by atoms with Crippen molar-refractivity contribution in [1.82, 2.24) is 0 Å². The molecule has 0 bridgehead atoms. The van der Waals surface area contributed by atoms with E-state index in [1.54, 1.807) is 0 Å². The number of rotatable bonds is 9. The SMILES string of the molecule is Cc1ccc(CO[C@H](C(C)C)[C@H](C)[C@H](O)CC(=O)C(C)C)cc1. The van der Waals surface area contributed by atoms with Gasteiger partial charge in [0.15, 0.2) is 0 Å². The molecule has 0 heterocycles. The van der Waals surface area contributed by atoms with Gasteiger partial charge in [0, 0.05) is 18.3 Å². The Kier molecular flexibility index (Phi) is 7.93. The Labute approximate surface area is 141 Å². The van der Waals surface area contributed by atoms with E-state index in [4.69, 9.17) is 4.74 Å². The molecular weight excluding hydrogens is 288 g/mol. The monoisotopic (exact) mass is 320 g/mol. The first-order chi connectivity index (χ1) is 10.7. The largest absolute Gasteiger partial charge is 0.392 e. The van der Waals surface area contributed by atoms with Gasteiger partial charge in [-0.3, -0.25) is 4.79 Å². The van der Waals surface area contributed by atoms with Gasteiger partial charge in [-0.15, -0.1) is 0 Å². The Morgan fingerprint density at radius 2 is 1.65 bits per heavy atom. The number of aliphatic hydroxyl groups is 1. The number of carbonyl (C=O) groups excluding carboxylic acids is 1. The maximum absolute atomic E-state index is 11.9. The van der Waals surface area contributed by atoms with E-state index in [0.29, 0.717) is 6.61 Å². The standard InChI is InChI=1S/C20H32O3/c1-13(2)18(21)11-19(22)16(6)20(14(3)4)23-12-17-9-7-15(5)8-10-17/h7-10,13-14,16,19-20,22H,11-12H2,1-6H3/t16-,19-,20-/m1/s1. The maximum atomic E-state index is 11.9. The number of ketones is 1. The van der Waals surface area contributed by atoms with Crippen LogP contribution in [-0.2, 0) is 16.1 Å². The summed E-state index contributed by atoms with van der Waals surface area (Å²) in [6, 6.07) is 8.28. The first-order valence-corrected chi connectivity index (χ1v) is 8.60. The van der Waals surface area contributed by atoms with Crippen molar-refractivity contribution >= 4 is 5.78 Å². The Morgan fingerprint density at radius 3 is 2.13 bits per heavy atom. The van der Waals surface area contributed by atoms with E-state index in [-0.39, 0.29) is 36.1 Å². The molecule has 0 amide bonds. The fraction of sp³-hybridized carbons (Fsp3) is 0.650. The molecule has 0 aliphatic heterocycles. The highest BCUT2D eigenvalue weighted by Gasteiger charge is 2.29. The minimum absolute atomic E-state index is 0.0390. The lowest BCUT2D eigenvalue weighted by Crippen LogP contribution is -2.37. The van der Waals surface area contributed by atoms with Crippen LogP contribution in [0.5, 0.6) is 0 Å². The van der Waals surface area contributed by atoms with E-state index in [1.807, 2.05) is 20.8 Å². The molecule has 23 heavy (non-hydrogen) atoms. The average Bonchev–Trinajstić information content (AvgIpc) is 2.48. The van der Waals surface area contributed by atoms with Gasteiger partial charge in [0.1, 0.15) is 5.78 Å². The smallest absolute Gasteiger partial charge is 0.138 e. The fourth-order valence-corrected chi connectivity index (χ4v) is 2.67. The van der Waals surface area contributed by atoms with Crippen LogP contribution < -0.4 is 0 Å². The van der Waals surface area contributed by atoms with E-state index in [1.165, 1.54) is 5.56 Å². The molecule has 0 aromatic heterocycles. The van der Waals surface area contributed by atoms with Crippen molar-refractivity contribution in [2.24, 2.45) is 17.8 Å². The summed E-state index contributed by atoms with van der Waals surface area (Å²) in [4.78, 5) is 11.9. The molecule has 0 unspecified atom stereocenters. The summed E-state index contributed by atoms with van der Waals surface area (Å²) >= 11 is 0. The number of carbonyl (C=O) groups is 1. The van der Waals surface area contributed by atoms with Crippen LogP contribution in [0.2, 0.25) is 0 Å². The molecule has 0 aliphatic rings. The van der Waals surface area contributed by atoms with E-state index < -0.39 is 6.10 Å². The molecule has 3 nitrogen and oxygen atoms in total. The van der Waals surface area contributed by atoms with Gasteiger partial charge in [-0.05, 0) is 18.4 Å². The number of hydrogen-bond acceptors (Lipinski definition) is 3. The topological polar surface area (TPSA) is 46.5 Å². The highest BCUT2D eigenvalue weighted by molar-refractivity contribution is 5.80. The summed E-state index contributed by atoms with van der Waals surface area (Å²) < 4.78 is 6.08. The van der Waals surface area contributed by atoms with Crippen molar-refractivity contribution in [3.63, 3.8) is 0 Å².